The number of pyridine rings is 1. The number of nitrogens with one attached hydrogen (secondary N) is 1. The molecule has 1 aliphatic heterocycles. The normalized spacial score (nSPS) is 17.4. The third kappa shape index (κ3) is 4.30. The molecule has 170 valence electrons. The van der Waals surface area contributed by atoms with Gasteiger partial charge in [-0.15, -0.1) is 0 Å². The molecule has 4 aromatic rings. The van der Waals surface area contributed by atoms with Crippen LogP contribution in [0.25, 0.3) is 11.3 Å². The Hall–Kier alpha value is -3.97. The van der Waals surface area contributed by atoms with Crippen molar-refractivity contribution in [1.29, 1.82) is 0 Å². The van der Waals surface area contributed by atoms with E-state index in [2.05, 4.69) is 27.3 Å². The molecule has 2 aromatic carbocycles. The van der Waals surface area contributed by atoms with Crippen molar-refractivity contribution >= 4 is 23.3 Å². The van der Waals surface area contributed by atoms with Gasteiger partial charge in [-0.3, -0.25) is 4.98 Å². The maximum Gasteiger partial charge on any atom is 0.337 e. The number of ether oxygens (including phenoxy) is 1. The van der Waals surface area contributed by atoms with Crippen molar-refractivity contribution in [3.8, 4) is 11.3 Å². The standard InChI is InChI=1S/C27H23N3O3S/c1-32-26(31)20-11-7-10-19(16-20)22-13-14-23(33-22)25-24(21-12-5-6-15-28-21)29-27(34)30(25)17-18-8-3-2-4-9-18/h2-16,24-25H,17H2,1H3,(H,29,34)/t24-,25+/m0/s1. The minimum Gasteiger partial charge on any atom is -0.465 e. The summed E-state index contributed by atoms with van der Waals surface area (Å²) in [4.78, 5) is 18.7. The van der Waals surface area contributed by atoms with E-state index in [1.807, 2.05) is 60.7 Å². The molecule has 5 rings (SSSR count). The monoisotopic (exact) mass is 469 g/mol. The van der Waals surface area contributed by atoms with Gasteiger partial charge in [0, 0.05) is 18.3 Å². The first-order valence-corrected chi connectivity index (χ1v) is 11.4. The highest BCUT2D eigenvalue weighted by molar-refractivity contribution is 7.80. The molecule has 34 heavy (non-hydrogen) atoms. The van der Waals surface area contributed by atoms with Crippen LogP contribution in [0.4, 0.5) is 0 Å². The van der Waals surface area contributed by atoms with Crippen LogP contribution in [0, 0.1) is 0 Å². The van der Waals surface area contributed by atoms with E-state index in [1.165, 1.54) is 7.11 Å². The van der Waals surface area contributed by atoms with Crippen LogP contribution in [-0.4, -0.2) is 28.1 Å². The van der Waals surface area contributed by atoms with E-state index in [4.69, 9.17) is 21.4 Å². The van der Waals surface area contributed by atoms with Crippen molar-refractivity contribution in [2.24, 2.45) is 0 Å². The Morgan fingerprint density at radius 1 is 1.06 bits per heavy atom. The van der Waals surface area contributed by atoms with Crippen LogP contribution in [0.1, 0.15) is 39.5 Å². The van der Waals surface area contributed by atoms with E-state index in [0.29, 0.717) is 23.0 Å². The second-order valence-electron chi connectivity index (χ2n) is 8.01. The zero-order valence-electron chi connectivity index (χ0n) is 18.5. The maximum absolute atomic E-state index is 12.0. The molecule has 2 atom stereocenters. The SMILES string of the molecule is COC(=O)c1cccc(-c2ccc([C@@H]3[C@H](c4ccccn4)NC(=S)N3Cc3ccccc3)o2)c1. The number of thiocarbonyl (C=S) groups is 1. The van der Waals surface area contributed by atoms with Crippen LogP contribution < -0.4 is 5.32 Å². The van der Waals surface area contributed by atoms with Crippen LogP contribution >= 0.6 is 12.2 Å². The van der Waals surface area contributed by atoms with Gasteiger partial charge in [-0.2, -0.15) is 0 Å². The lowest BCUT2D eigenvalue weighted by atomic mass is 10.0. The van der Waals surface area contributed by atoms with Crippen molar-refractivity contribution in [2.75, 3.05) is 7.11 Å². The number of esters is 1. The van der Waals surface area contributed by atoms with Crippen molar-refractivity contribution in [3.63, 3.8) is 0 Å². The van der Waals surface area contributed by atoms with E-state index >= 15 is 0 Å². The zero-order chi connectivity index (χ0) is 23.5. The Morgan fingerprint density at radius 3 is 2.65 bits per heavy atom. The number of hydrogen-bond acceptors (Lipinski definition) is 5. The lowest BCUT2D eigenvalue weighted by Crippen LogP contribution is -2.29. The molecule has 0 radical (unpaired) electrons. The smallest absolute Gasteiger partial charge is 0.337 e. The molecular formula is C27H23N3O3S. The number of furan rings is 1. The van der Waals surface area contributed by atoms with E-state index in [1.54, 1.807) is 18.3 Å². The molecule has 1 saturated heterocycles. The van der Waals surface area contributed by atoms with Crippen LogP contribution in [0.3, 0.4) is 0 Å². The number of aromatic nitrogens is 1. The van der Waals surface area contributed by atoms with E-state index < -0.39 is 0 Å². The Bertz CT molecular complexity index is 1310. The number of methoxy groups -OCH3 is 1. The van der Waals surface area contributed by atoms with Gasteiger partial charge >= 0.3 is 5.97 Å². The van der Waals surface area contributed by atoms with Gasteiger partial charge in [-0.1, -0.05) is 48.5 Å². The highest BCUT2D eigenvalue weighted by Gasteiger charge is 2.41. The molecule has 0 aliphatic carbocycles. The van der Waals surface area contributed by atoms with Crippen LogP contribution in [-0.2, 0) is 11.3 Å². The van der Waals surface area contributed by atoms with Gasteiger partial charge in [0.2, 0.25) is 0 Å². The quantitative estimate of drug-likeness (QED) is 0.304. The largest absolute Gasteiger partial charge is 0.465 e. The lowest BCUT2D eigenvalue weighted by molar-refractivity contribution is 0.0601. The fourth-order valence-electron chi connectivity index (χ4n) is 4.25. The van der Waals surface area contributed by atoms with Gasteiger partial charge in [-0.25, -0.2) is 4.79 Å². The summed E-state index contributed by atoms with van der Waals surface area (Å²) in [6, 6.07) is 26.8. The Labute approximate surface area is 203 Å². The molecule has 0 saturated carbocycles. The number of nitrogens with zero attached hydrogens (tertiary/aromatic N) is 2. The summed E-state index contributed by atoms with van der Waals surface area (Å²) in [5, 5.41) is 4.09. The molecule has 1 aliphatic rings. The van der Waals surface area contributed by atoms with Crippen molar-refractivity contribution < 1.29 is 13.9 Å². The fraction of sp³-hybridized carbons (Fsp3) is 0.148. The molecule has 1 fully saturated rings. The summed E-state index contributed by atoms with van der Waals surface area (Å²) >= 11 is 5.75. The van der Waals surface area contributed by atoms with E-state index in [-0.39, 0.29) is 18.1 Å². The molecule has 6 nitrogen and oxygen atoms in total. The van der Waals surface area contributed by atoms with E-state index in [9.17, 15) is 4.79 Å². The summed E-state index contributed by atoms with van der Waals surface area (Å²) in [5.41, 5.74) is 3.30. The van der Waals surface area contributed by atoms with Gasteiger partial charge in [-0.05, 0) is 54.2 Å². The van der Waals surface area contributed by atoms with E-state index in [0.717, 1.165) is 22.6 Å². The highest BCUT2D eigenvalue weighted by atomic mass is 32.1. The second-order valence-corrected chi connectivity index (χ2v) is 8.40. The molecule has 2 aromatic heterocycles. The lowest BCUT2D eigenvalue weighted by Gasteiger charge is -2.26. The molecule has 0 amide bonds. The predicted octanol–water partition coefficient (Wildman–Crippen LogP) is 5.30. The number of hydrogen-bond donors (Lipinski definition) is 1. The first-order chi connectivity index (χ1) is 16.6. The average Bonchev–Trinajstić information content (AvgIpc) is 3.50. The molecule has 7 heteroatoms. The van der Waals surface area contributed by atoms with Gasteiger partial charge in [0.25, 0.3) is 0 Å². The molecule has 1 N–H and O–H groups in total. The third-order valence-corrected chi connectivity index (χ3v) is 6.23. The Kier molecular flexibility index (Phi) is 6.10. The Morgan fingerprint density at radius 2 is 1.88 bits per heavy atom. The summed E-state index contributed by atoms with van der Waals surface area (Å²) in [5.74, 6) is 1.04. The number of rotatable bonds is 6. The third-order valence-electron chi connectivity index (χ3n) is 5.88. The van der Waals surface area contributed by atoms with Gasteiger partial charge in [0.05, 0.1) is 24.4 Å². The van der Waals surface area contributed by atoms with Crippen LogP contribution in [0.15, 0.2) is 95.5 Å². The number of carbonyl (C=O) groups excluding carboxylic acids is 1. The van der Waals surface area contributed by atoms with Crippen LogP contribution in [0.5, 0.6) is 0 Å². The van der Waals surface area contributed by atoms with Crippen molar-refractivity contribution in [2.45, 2.75) is 18.6 Å². The molecule has 3 heterocycles. The first kappa shape index (κ1) is 21.9. The summed E-state index contributed by atoms with van der Waals surface area (Å²) in [6.45, 7) is 0.633. The van der Waals surface area contributed by atoms with Gasteiger partial charge < -0.3 is 19.4 Å². The summed E-state index contributed by atoms with van der Waals surface area (Å²) in [7, 11) is 1.37. The number of carbonyl (C=O) groups is 1. The molecule has 0 spiro atoms. The highest BCUT2D eigenvalue weighted by Crippen LogP contribution is 2.41. The molecule has 0 bridgehead atoms. The number of benzene rings is 2. The zero-order valence-corrected chi connectivity index (χ0v) is 19.4. The molecule has 0 unspecified atom stereocenters. The summed E-state index contributed by atoms with van der Waals surface area (Å²) < 4.78 is 11.2. The Balaban J connectivity index is 1.52. The maximum atomic E-state index is 12.0. The minimum absolute atomic E-state index is 0.169. The molecular weight excluding hydrogens is 446 g/mol. The van der Waals surface area contributed by atoms with Crippen molar-refractivity contribution in [3.05, 3.63) is 114 Å². The second kappa shape index (κ2) is 9.49. The first-order valence-electron chi connectivity index (χ1n) is 10.9. The minimum atomic E-state index is -0.386. The van der Waals surface area contributed by atoms with Gasteiger partial charge in [0.1, 0.15) is 17.6 Å². The van der Waals surface area contributed by atoms with Gasteiger partial charge in [0.15, 0.2) is 5.11 Å². The average molecular weight is 470 g/mol. The van der Waals surface area contributed by atoms with Crippen molar-refractivity contribution in [1.82, 2.24) is 15.2 Å². The predicted molar refractivity (Wildman–Crippen MR) is 133 cm³/mol. The fourth-order valence-corrected chi connectivity index (χ4v) is 4.55. The van der Waals surface area contributed by atoms with Crippen LogP contribution in [0.2, 0.25) is 0 Å². The summed E-state index contributed by atoms with van der Waals surface area (Å²) in [6.07, 6.45) is 1.78. The topological polar surface area (TPSA) is 67.6 Å².